The summed E-state index contributed by atoms with van der Waals surface area (Å²) in [5.74, 6) is 2.25. The number of nitrogens with one attached hydrogen (secondary N) is 2. The summed E-state index contributed by atoms with van der Waals surface area (Å²) in [4.78, 5) is 17.0. The highest BCUT2D eigenvalue weighted by Gasteiger charge is 2.22. The first kappa shape index (κ1) is 20.3. The maximum atomic E-state index is 4.93. The Morgan fingerprint density at radius 2 is 1.44 bits per heavy atom. The van der Waals surface area contributed by atoms with E-state index in [2.05, 4.69) is 53.6 Å². The van der Waals surface area contributed by atoms with E-state index < -0.39 is 0 Å². The summed E-state index contributed by atoms with van der Waals surface area (Å²) in [6, 6.07) is 16.5. The van der Waals surface area contributed by atoms with Gasteiger partial charge in [0.15, 0.2) is 17.0 Å². The molecule has 4 aromatic rings. The third-order valence-electron chi connectivity index (χ3n) is 5.90. The molecule has 0 unspecified atom stereocenters. The summed E-state index contributed by atoms with van der Waals surface area (Å²) in [5.41, 5.74) is 6.03. The van der Waals surface area contributed by atoms with E-state index in [0.29, 0.717) is 5.95 Å². The van der Waals surface area contributed by atoms with E-state index in [0.717, 1.165) is 47.4 Å². The van der Waals surface area contributed by atoms with Crippen LogP contribution >= 0.6 is 0 Å². The lowest BCUT2D eigenvalue weighted by Crippen LogP contribution is -2.30. The lowest BCUT2D eigenvalue weighted by atomic mass is 10.1. The van der Waals surface area contributed by atoms with Crippen LogP contribution in [0.25, 0.3) is 11.2 Å². The van der Waals surface area contributed by atoms with Crippen LogP contribution in [-0.4, -0.2) is 32.6 Å². The minimum Gasteiger partial charge on any atom is -0.355 e. The number of anilines is 5. The van der Waals surface area contributed by atoms with Crippen molar-refractivity contribution in [2.45, 2.75) is 33.1 Å². The van der Waals surface area contributed by atoms with Crippen LogP contribution in [0.15, 0.2) is 48.5 Å². The van der Waals surface area contributed by atoms with Crippen LogP contribution in [0.3, 0.4) is 0 Å². The zero-order valence-corrected chi connectivity index (χ0v) is 18.9. The third-order valence-corrected chi connectivity index (χ3v) is 5.90. The molecule has 0 bridgehead atoms. The smallest absolute Gasteiger partial charge is 0.231 e. The van der Waals surface area contributed by atoms with Crippen molar-refractivity contribution < 1.29 is 0 Å². The molecule has 3 heterocycles. The Hall–Kier alpha value is -3.61. The van der Waals surface area contributed by atoms with Gasteiger partial charge in [0.1, 0.15) is 0 Å². The Labute approximate surface area is 188 Å². The Balaban J connectivity index is 1.58. The van der Waals surface area contributed by atoms with Gasteiger partial charge in [0, 0.05) is 31.5 Å². The molecule has 0 radical (unpaired) electrons. The van der Waals surface area contributed by atoms with Gasteiger partial charge in [-0.15, -0.1) is 0 Å². The van der Waals surface area contributed by atoms with Crippen molar-refractivity contribution >= 4 is 40.3 Å². The Morgan fingerprint density at radius 1 is 0.781 bits per heavy atom. The summed E-state index contributed by atoms with van der Waals surface area (Å²) in [6.45, 7) is 6.16. The molecule has 0 aliphatic carbocycles. The molecule has 5 rings (SSSR count). The van der Waals surface area contributed by atoms with Crippen molar-refractivity contribution in [2.24, 2.45) is 7.05 Å². The highest BCUT2D eigenvalue weighted by Crippen LogP contribution is 2.31. The number of piperidine rings is 1. The van der Waals surface area contributed by atoms with Crippen LogP contribution in [0.2, 0.25) is 0 Å². The number of fused-ring (bicyclic) bond motifs is 1. The van der Waals surface area contributed by atoms with Crippen molar-refractivity contribution in [3.8, 4) is 0 Å². The molecule has 164 valence electrons. The van der Waals surface area contributed by atoms with Crippen LogP contribution in [0.4, 0.5) is 29.1 Å². The second-order valence-corrected chi connectivity index (χ2v) is 8.57. The van der Waals surface area contributed by atoms with Crippen molar-refractivity contribution in [1.82, 2.24) is 19.5 Å². The maximum absolute atomic E-state index is 4.93. The van der Waals surface area contributed by atoms with Gasteiger partial charge in [-0.2, -0.15) is 9.97 Å². The highest BCUT2D eigenvalue weighted by atomic mass is 15.3. The zero-order valence-electron chi connectivity index (χ0n) is 18.9. The molecule has 32 heavy (non-hydrogen) atoms. The minimum atomic E-state index is 0.591. The molecular formula is C25H29N7. The molecule has 0 saturated carbocycles. The first-order valence-corrected chi connectivity index (χ1v) is 11.2. The van der Waals surface area contributed by atoms with E-state index in [1.807, 2.05) is 35.9 Å². The van der Waals surface area contributed by atoms with Gasteiger partial charge < -0.3 is 15.5 Å². The summed E-state index contributed by atoms with van der Waals surface area (Å²) in [6.07, 6.45) is 3.61. The molecule has 7 heteroatoms. The molecule has 1 aliphatic heterocycles. The molecule has 0 spiro atoms. The number of imidazole rings is 1. The summed E-state index contributed by atoms with van der Waals surface area (Å²) in [5, 5.41) is 6.85. The first-order chi connectivity index (χ1) is 15.6. The highest BCUT2D eigenvalue weighted by molar-refractivity contribution is 5.88. The van der Waals surface area contributed by atoms with Crippen LogP contribution in [0, 0.1) is 13.8 Å². The monoisotopic (exact) mass is 427 g/mol. The minimum absolute atomic E-state index is 0.591. The fourth-order valence-electron chi connectivity index (χ4n) is 4.24. The molecule has 0 amide bonds. The number of aryl methyl sites for hydroxylation is 3. The standard InChI is InChI=1S/C25H29N7/c1-17-9-7-11-19(15-17)26-24-29-22-21(23(30-24)32-13-5-4-6-14-32)28-25(31(22)3)27-20-12-8-10-18(2)16-20/h7-12,15-16H,4-6,13-14H2,1-3H3,(H,27,28)(H,26,29,30). The fraction of sp³-hybridized carbons (Fsp3) is 0.320. The van der Waals surface area contributed by atoms with E-state index >= 15 is 0 Å². The lowest BCUT2D eigenvalue weighted by molar-refractivity contribution is 0.574. The van der Waals surface area contributed by atoms with Gasteiger partial charge in [0.05, 0.1) is 0 Å². The normalized spacial score (nSPS) is 14.0. The number of hydrogen-bond donors (Lipinski definition) is 2. The molecule has 1 aliphatic rings. The van der Waals surface area contributed by atoms with Crippen LogP contribution in [0.5, 0.6) is 0 Å². The molecule has 2 N–H and O–H groups in total. The van der Waals surface area contributed by atoms with Crippen LogP contribution < -0.4 is 15.5 Å². The van der Waals surface area contributed by atoms with E-state index in [1.54, 1.807) is 0 Å². The number of rotatable bonds is 5. The third kappa shape index (κ3) is 4.10. The number of hydrogen-bond acceptors (Lipinski definition) is 6. The lowest BCUT2D eigenvalue weighted by Gasteiger charge is -2.28. The van der Waals surface area contributed by atoms with Gasteiger partial charge in [-0.1, -0.05) is 24.3 Å². The quantitative estimate of drug-likeness (QED) is 0.441. The molecule has 1 fully saturated rings. The zero-order chi connectivity index (χ0) is 22.1. The molecule has 2 aromatic carbocycles. The van der Waals surface area contributed by atoms with E-state index in [1.165, 1.54) is 30.4 Å². The summed E-state index contributed by atoms with van der Waals surface area (Å²) in [7, 11) is 2.00. The fourth-order valence-corrected chi connectivity index (χ4v) is 4.24. The Kier molecular flexibility index (Phi) is 5.39. The molecule has 1 saturated heterocycles. The Bertz CT molecular complexity index is 1250. The first-order valence-electron chi connectivity index (χ1n) is 11.2. The van der Waals surface area contributed by atoms with Gasteiger partial charge >= 0.3 is 0 Å². The second-order valence-electron chi connectivity index (χ2n) is 8.57. The Morgan fingerprint density at radius 3 is 2.09 bits per heavy atom. The van der Waals surface area contributed by atoms with Crippen molar-refractivity contribution in [1.29, 1.82) is 0 Å². The van der Waals surface area contributed by atoms with E-state index in [4.69, 9.17) is 15.0 Å². The predicted molar refractivity (Wildman–Crippen MR) is 131 cm³/mol. The number of nitrogens with zero attached hydrogens (tertiary/aromatic N) is 5. The molecule has 0 atom stereocenters. The summed E-state index contributed by atoms with van der Waals surface area (Å²) >= 11 is 0. The van der Waals surface area contributed by atoms with Gasteiger partial charge in [-0.25, -0.2) is 4.98 Å². The van der Waals surface area contributed by atoms with Crippen LogP contribution in [0.1, 0.15) is 30.4 Å². The molecule has 2 aromatic heterocycles. The maximum Gasteiger partial charge on any atom is 0.231 e. The second kappa shape index (κ2) is 8.49. The summed E-state index contributed by atoms with van der Waals surface area (Å²) < 4.78 is 2.01. The van der Waals surface area contributed by atoms with Gasteiger partial charge in [-0.05, 0) is 68.5 Å². The SMILES string of the molecule is Cc1cccc(Nc2nc(N3CCCCC3)c3nc(Nc4cccc(C)c4)n(C)c3n2)c1. The van der Waals surface area contributed by atoms with Gasteiger partial charge in [0.25, 0.3) is 0 Å². The van der Waals surface area contributed by atoms with E-state index in [-0.39, 0.29) is 0 Å². The average Bonchev–Trinajstić information content (AvgIpc) is 3.09. The van der Waals surface area contributed by atoms with Gasteiger partial charge in [-0.3, -0.25) is 4.57 Å². The van der Waals surface area contributed by atoms with Gasteiger partial charge in [0.2, 0.25) is 11.9 Å². The molecule has 7 nitrogen and oxygen atoms in total. The average molecular weight is 428 g/mol. The van der Waals surface area contributed by atoms with Crippen LogP contribution in [-0.2, 0) is 7.05 Å². The number of benzene rings is 2. The topological polar surface area (TPSA) is 70.9 Å². The van der Waals surface area contributed by atoms with Crippen molar-refractivity contribution in [3.63, 3.8) is 0 Å². The predicted octanol–water partition coefficient (Wildman–Crippen LogP) is 5.46. The van der Waals surface area contributed by atoms with Crippen molar-refractivity contribution in [3.05, 3.63) is 59.7 Å². The number of aromatic nitrogens is 4. The van der Waals surface area contributed by atoms with Crippen molar-refractivity contribution in [2.75, 3.05) is 28.6 Å². The van der Waals surface area contributed by atoms with E-state index in [9.17, 15) is 0 Å². The largest absolute Gasteiger partial charge is 0.355 e. The molecular weight excluding hydrogens is 398 g/mol.